The first kappa shape index (κ1) is 22.7. The molecule has 0 spiro atoms. The van der Waals surface area contributed by atoms with E-state index in [-0.39, 0.29) is 17.4 Å². The Morgan fingerprint density at radius 1 is 1.03 bits per heavy atom. The first-order chi connectivity index (χ1) is 16.5. The molecule has 1 aromatic carbocycles. The van der Waals surface area contributed by atoms with E-state index in [4.69, 9.17) is 9.72 Å². The predicted molar refractivity (Wildman–Crippen MR) is 125 cm³/mol. The van der Waals surface area contributed by atoms with Crippen LogP contribution in [-0.2, 0) is 4.74 Å². The van der Waals surface area contributed by atoms with Crippen molar-refractivity contribution in [3.63, 3.8) is 0 Å². The largest absolute Gasteiger partial charge is 0.381 e. The zero-order valence-electron chi connectivity index (χ0n) is 19.2. The van der Waals surface area contributed by atoms with Crippen molar-refractivity contribution in [2.75, 3.05) is 18.5 Å². The summed E-state index contributed by atoms with van der Waals surface area (Å²) in [5, 5.41) is 3.43. The molecule has 1 saturated carbocycles. The van der Waals surface area contributed by atoms with Gasteiger partial charge in [0.1, 0.15) is 0 Å². The van der Waals surface area contributed by atoms with E-state index in [1.165, 1.54) is 23.5 Å². The number of imidazole rings is 1. The summed E-state index contributed by atoms with van der Waals surface area (Å²) < 4.78 is 36.2. The number of benzene rings is 1. The van der Waals surface area contributed by atoms with E-state index in [9.17, 15) is 13.6 Å². The fourth-order valence-electron chi connectivity index (χ4n) is 4.90. The van der Waals surface area contributed by atoms with Gasteiger partial charge >= 0.3 is 5.69 Å². The highest BCUT2D eigenvalue weighted by atomic mass is 19.2. The molecule has 7 nitrogen and oxygen atoms in total. The minimum atomic E-state index is -1.01. The molecule has 1 saturated heterocycles. The Labute approximate surface area is 196 Å². The second kappa shape index (κ2) is 9.66. The van der Waals surface area contributed by atoms with Crippen molar-refractivity contribution in [2.24, 2.45) is 5.92 Å². The fourth-order valence-corrected chi connectivity index (χ4v) is 4.90. The highest BCUT2D eigenvalue weighted by Gasteiger charge is 2.24. The van der Waals surface area contributed by atoms with Gasteiger partial charge in [-0.15, -0.1) is 0 Å². The van der Waals surface area contributed by atoms with Crippen molar-refractivity contribution in [3.05, 3.63) is 58.8 Å². The minimum Gasteiger partial charge on any atom is -0.381 e. The number of rotatable bonds is 5. The summed E-state index contributed by atoms with van der Waals surface area (Å²) in [4.78, 5) is 22.6. The van der Waals surface area contributed by atoms with Gasteiger partial charge in [-0.1, -0.05) is 6.92 Å². The first-order valence-corrected chi connectivity index (χ1v) is 12.0. The molecule has 0 unspecified atom stereocenters. The molecule has 180 valence electrons. The summed E-state index contributed by atoms with van der Waals surface area (Å²) >= 11 is 0. The van der Waals surface area contributed by atoms with Gasteiger partial charge in [-0.05, 0) is 62.6 Å². The van der Waals surface area contributed by atoms with Crippen LogP contribution >= 0.6 is 0 Å². The third-order valence-electron chi connectivity index (χ3n) is 6.93. The van der Waals surface area contributed by atoms with Gasteiger partial charge in [0.25, 0.3) is 0 Å². The third kappa shape index (κ3) is 4.61. The Morgan fingerprint density at radius 3 is 2.53 bits per heavy atom. The van der Waals surface area contributed by atoms with Crippen molar-refractivity contribution >= 4 is 5.95 Å². The van der Waals surface area contributed by atoms with E-state index in [0.29, 0.717) is 49.4 Å². The molecule has 0 bridgehead atoms. The van der Waals surface area contributed by atoms with Gasteiger partial charge < -0.3 is 10.1 Å². The summed E-state index contributed by atoms with van der Waals surface area (Å²) in [6, 6.07) is 5.48. The number of aromatic nitrogens is 4. The molecule has 1 aliphatic heterocycles. The highest BCUT2D eigenvalue weighted by molar-refractivity contribution is 5.59. The van der Waals surface area contributed by atoms with E-state index in [0.717, 1.165) is 30.9 Å². The fraction of sp³-hybridized carbons (Fsp3) is 0.480. The maximum absolute atomic E-state index is 14.1. The van der Waals surface area contributed by atoms with Crippen LogP contribution in [0.2, 0.25) is 0 Å². The monoisotopic (exact) mass is 469 g/mol. The Hall–Kier alpha value is -3.07. The van der Waals surface area contributed by atoms with Crippen LogP contribution in [0.25, 0.3) is 17.1 Å². The Morgan fingerprint density at radius 2 is 1.79 bits per heavy atom. The van der Waals surface area contributed by atoms with Gasteiger partial charge in [0.05, 0.1) is 17.1 Å². The predicted octanol–water partition coefficient (Wildman–Crippen LogP) is 4.72. The SMILES string of the molecule is C[C@H]1CC[C@H](Nc2nccc(-c3cn(C4CCOCC4)c(=O)n3-c3ccc(F)c(F)c3)n2)CC1. The quantitative estimate of drug-likeness (QED) is 0.586. The van der Waals surface area contributed by atoms with Gasteiger partial charge in [0.2, 0.25) is 5.95 Å². The van der Waals surface area contributed by atoms with Gasteiger partial charge in [-0.3, -0.25) is 9.13 Å². The first-order valence-electron chi connectivity index (χ1n) is 12.0. The van der Waals surface area contributed by atoms with Gasteiger partial charge in [-0.25, -0.2) is 23.5 Å². The minimum absolute atomic E-state index is 0.0322. The summed E-state index contributed by atoms with van der Waals surface area (Å²) in [5.74, 6) is -0.732. The van der Waals surface area contributed by atoms with Crippen LogP contribution in [0.1, 0.15) is 51.5 Å². The van der Waals surface area contributed by atoms with Crippen molar-refractivity contribution in [3.8, 4) is 17.1 Å². The van der Waals surface area contributed by atoms with Crippen LogP contribution in [0, 0.1) is 17.6 Å². The molecule has 0 amide bonds. The lowest BCUT2D eigenvalue weighted by Gasteiger charge is -2.26. The van der Waals surface area contributed by atoms with Gasteiger partial charge in [0.15, 0.2) is 11.6 Å². The molecular weight excluding hydrogens is 440 g/mol. The number of hydrogen-bond acceptors (Lipinski definition) is 5. The van der Waals surface area contributed by atoms with Crippen molar-refractivity contribution in [1.29, 1.82) is 0 Å². The molecule has 9 heteroatoms. The summed E-state index contributed by atoms with van der Waals surface area (Å²) in [6.07, 6.45) is 9.29. The van der Waals surface area contributed by atoms with Gasteiger partial charge in [-0.2, -0.15) is 0 Å². The molecule has 1 aliphatic carbocycles. The van der Waals surface area contributed by atoms with Crippen LogP contribution in [0.4, 0.5) is 14.7 Å². The Bertz CT molecular complexity index is 1210. The molecule has 2 aliphatic rings. The number of nitrogens with one attached hydrogen (secondary N) is 1. The summed E-state index contributed by atoms with van der Waals surface area (Å²) in [5.41, 5.74) is 0.973. The van der Waals surface area contributed by atoms with E-state index < -0.39 is 11.6 Å². The second-order valence-corrected chi connectivity index (χ2v) is 9.35. The molecule has 2 fully saturated rings. The Balaban J connectivity index is 1.55. The van der Waals surface area contributed by atoms with Crippen molar-refractivity contribution in [1.82, 2.24) is 19.1 Å². The normalized spacial score (nSPS) is 21.5. The van der Waals surface area contributed by atoms with E-state index in [2.05, 4.69) is 17.2 Å². The van der Waals surface area contributed by atoms with Crippen LogP contribution in [0.3, 0.4) is 0 Å². The topological polar surface area (TPSA) is 74.0 Å². The number of ether oxygens (including phenoxy) is 1. The number of hydrogen-bond donors (Lipinski definition) is 1. The lowest BCUT2D eigenvalue weighted by molar-refractivity contribution is 0.0686. The smallest absolute Gasteiger partial charge is 0.333 e. The van der Waals surface area contributed by atoms with Crippen LogP contribution < -0.4 is 11.0 Å². The Kier molecular flexibility index (Phi) is 6.45. The molecule has 1 N–H and O–H groups in total. The lowest BCUT2D eigenvalue weighted by atomic mass is 9.87. The third-order valence-corrected chi connectivity index (χ3v) is 6.93. The summed E-state index contributed by atoms with van der Waals surface area (Å²) in [6.45, 7) is 3.42. The highest BCUT2D eigenvalue weighted by Crippen LogP contribution is 2.28. The zero-order chi connectivity index (χ0) is 23.7. The van der Waals surface area contributed by atoms with Crippen LogP contribution in [0.15, 0.2) is 41.5 Å². The summed E-state index contributed by atoms with van der Waals surface area (Å²) in [7, 11) is 0. The van der Waals surface area contributed by atoms with Crippen LogP contribution in [0.5, 0.6) is 0 Å². The standard InChI is InChI=1S/C25H29F2N5O2/c1-16-2-4-17(5-3-16)29-24-28-11-8-22(30-24)23-15-31(18-9-12-34-13-10-18)25(33)32(23)19-6-7-20(26)21(27)14-19/h6-8,11,14-18H,2-5,9-10,12-13H2,1H3,(H,28,29,30)/t16-,17-. The van der Waals surface area contributed by atoms with Crippen molar-refractivity contribution < 1.29 is 13.5 Å². The maximum Gasteiger partial charge on any atom is 0.333 e. The van der Waals surface area contributed by atoms with E-state index in [1.807, 2.05) is 0 Å². The molecular formula is C25H29F2N5O2. The average molecular weight is 470 g/mol. The molecule has 3 heterocycles. The lowest BCUT2D eigenvalue weighted by Crippen LogP contribution is -2.30. The number of halogens is 2. The molecule has 34 heavy (non-hydrogen) atoms. The van der Waals surface area contributed by atoms with E-state index in [1.54, 1.807) is 23.0 Å². The molecule has 0 radical (unpaired) electrons. The van der Waals surface area contributed by atoms with E-state index >= 15 is 0 Å². The molecule has 5 rings (SSSR count). The average Bonchev–Trinajstić information content (AvgIpc) is 3.20. The molecule has 3 aromatic rings. The number of nitrogens with zero attached hydrogens (tertiary/aromatic N) is 4. The molecule has 2 aromatic heterocycles. The van der Waals surface area contributed by atoms with Crippen molar-refractivity contribution in [2.45, 2.75) is 57.5 Å². The maximum atomic E-state index is 14.1. The molecule has 0 atom stereocenters. The number of anilines is 1. The van der Waals surface area contributed by atoms with Crippen LogP contribution in [-0.4, -0.2) is 38.4 Å². The second-order valence-electron chi connectivity index (χ2n) is 9.35. The van der Waals surface area contributed by atoms with Gasteiger partial charge in [0, 0.05) is 43.8 Å². The zero-order valence-corrected chi connectivity index (χ0v) is 19.2.